The largest absolute Gasteiger partial charge is 0.331 e. The van der Waals surface area contributed by atoms with E-state index in [9.17, 15) is 14.4 Å². The van der Waals surface area contributed by atoms with Crippen LogP contribution >= 0.6 is 0 Å². The van der Waals surface area contributed by atoms with Gasteiger partial charge in [-0.05, 0) is 25.8 Å². The van der Waals surface area contributed by atoms with Gasteiger partial charge in [-0.1, -0.05) is 36.8 Å². The Labute approximate surface area is 118 Å². The number of imide groups is 2. The lowest BCUT2D eigenvalue weighted by atomic mass is 9.93. The van der Waals surface area contributed by atoms with Crippen LogP contribution in [0.2, 0.25) is 0 Å². The van der Waals surface area contributed by atoms with Gasteiger partial charge in [0, 0.05) is 6.04 Å². The highest BCUT2D eigenvalue weighted by Gasteiger charge is 2.42. The molecule has 1 N–H and O–H groups in total. The van der Waals surface area contributed by atoms with Gasteiger partial charge < -0.3 is 0 Å². The number of urea groups is 1. The molecule has 5 nitrogen and oxygen atoms in total. The minimum Gasteiger partial charge on any atom is -0.277 e. The van der Waals surface area contributed by atoms with Crippen molar-refractivity contribution >= 4 is 17.8 Å². The minimum absolute atomic E-state index is 0.233. The number of hydrogen-bond acceptors (Lipinski definition) is 3. The quantitative estimate of drug-likeness (QED) is 0.857. The van der Waals surface area contributed by atoms with E-state index < -0.39 is 23.8 Å². The minimum atomic E-state index is -0.942. The van der Waals surface area contributed by atoms with E-state index in [1.165, 1.54) is 0 Å². The summed E-state index contributed by atoms with van der Waals surface area (Å²) in [6.45, 7) is 5.61. The fourth-order valence-corrected chi connectivity index (χ4v) is 2.24. The third kappa shape index (κ3) is 2.43. The molecule has 1 heterocycles. The molecule has 1 aromatic carbocycles. The van der Waals surface area contributed by atoms with E-state index in [0.29, 0.717) is 12.0 Å². The van der Waals surface area contributed by atoms with E-state index in [1.54, 1.807) is 19.1 Å². The second-order valence-electron chi connectivity index (χ2n) is 5.10. The van der Waals surface area contributed by atoms with Gasteiger partial charge in [0.2, 0.25) is 11.8 Å². The molecule has 0 saturated carbocycles. The maximum absolute atomic E-state index is 12.5. The number of rotatable bonds is 3. The number of carbonyl (C=O) groups excluding carboxylic acids is 3. The summed E-state index contributed by atoms with van der Waals surface area (Å²) in [7, 11) is 0. The van der Waals surface area contributed by atoms with Crippen LogP contribution in [0, 0.1) is 6.92 Å². The van der Waals surface area contributed by atoms with Crippen LogP contribution in [-0.4, -0.2) is 28.8 Å². The Morgan fingerprint density at radius 2 is 1.80 bits per heavy atom. The molecule has 0 aliphatic carbocycles. The lowest BCUT2D eigenvalue weighted by molar-refractivity contribution is -0.140. The Morgan fingerprint density at radius 3 is 2.35 bits per heavy atom. The molecular weight excluding hydrogens is 256 g/mol. The van der Waals surface area contributed by atoms with E-state index >= 15 is 0 Å². The van der Waals surface area contributed by atoms with Crippen LogP contribution in [0.15, 0.2) is 24.3 Å². The Balaban J connectivity index is 2.37. The zero-order chi connectivity index (χ0) is 14.9. The van der Waals surface area contributed by atoms with E-state index in [1.807, 2.05) is 26.0 Å². The number of aryl methyl sites for hydroxylation is 1. The average molecular weight is 274 g/mol. The zero-order valence-corrected chi connectivity index (χ0v) is 11.8. The molecule has 2 unspecified atom stereocenters. The first-order chi connectivity index (χ1) is 9.45. The summed E-state index contributed by atoms with van der Waals surface area (Å²) in [4.78, 5) is 37.4. The number of barbiturate groups is 1. The van der Waals surface area contributed by atoms with Crippen molar-refractivity contribution in [3.63, 3.8) is 0 Å². The first-order valence-corrected chi connectivity index (χ1v) is 6.70. The van der Waals surface area contributed by atoms with Crippen molar-refractivity contribution in [2.75, 3.05) is 0 Å². The summed E-state index contributed by atoms with van der Waals surface area (Å²) < 4.78 is 0. The molecule has 2 rings (SSSR count). The van der Waals surface area contributed by atoms with Crippen molar-refractivity contribution in [3.05, 3.63) is 35.4 Å². The van der Waals surface area contributed by atoms with Crippen LogP contribution in [-0.2, 0) is 9.59 Å². The predicted molar refractivity (Wildman–Crippen MR) is 74.1 cm³/mol. The van der Waals surface area contributed by atoms with Gasteiger partial charge in [-0.3, -0.25) is 19.8 Å². The normalized spacial score (nSPS) is 20.9. The van der Waals surface area contributed by atoms with Gasteiger partial charge in [0.15, 0.2) is 0 Å². The van der Waals surface area contributed by atoms with E-state index in [-0.39, 0.29) is 6.04 Å². The molecule has 0 spiro atoms. The van der Waals surface area contributed by atoms with Gasteiger partial charge in [0.1, 0.15) is 5.92 Å². The lowest BCUT2D eigenvalue weighted by Gasteiger charge is -2.34. The van der Waals surface area contributed by atoms with Crippen LogP contribution < -0.4 is 5.32 Å². The Morgan fingerprint density at radius 1 is 1.20 bits per heavy atom. The van der Waals surface area contributed by atoms with E-state index in [0.717, 1.165) is 10.5 Å². The molecule has 106 valence electrons. The lowest BCUT2D eigenvalue weighted by Crippen LogP contribution is -2.59. The summed E-state index contributed by atoms with van der Waals surface area (Å²) >= 11 is 0. The highest BCUT2D eigenvalue weighted by atomic mass is 16.2. The van der Waals surface area contributed by atoms with Crippen LogP contribution in [0.5, 0.6) is 0 Å². The van der Waals surface area contributed by atoms with Crippen molar-refractivity contribution < 1.29 is 14.4 Å². The highest BCUT2D eigenvalue weighted by Crippen LogP contribution is 2.24. The number of nitrogens with one attached hydrogen (secondary N) is 1. The number of hydrogen-bond donors (Lipinski definition) is 1. The third-order valence-electron chi connectivity index (χ3n) is 3.64. The SMILES string of the molecule is CCC(C)N1C(=O)NC(=O)C(c2ccc(C)cc2)C1=O. The average Bonchev–Trinajstić information content (AvgIpc) is 2.40. The van der Waals surface area contributed by atoms with E-state index in [4.69, 9.17) is 0 Å². The second-order valence-corrected chi connectivity index (χ2v) is 5.10. The molecule has 5 heteroatoms. The summed E-state index contributed by atoms with van der Waals surface area (Å²) in [5, 5.41) is 2.27. The molecule has 0 radical (unpaired) electrons. The maximum Gasteiger partial charge on any atom is 0.331 e. The number of nitrogens with zero attached hydrogens (tertiary/aromatic N) is 1. The smallest absolute Gasteiger partial charge is 0.277 e. The summed E-state index contributed by atoms with van der Waals surface area (Å²) in [6.07, 6.45) is 0.647. The van der Waals surface area contributed by atoms with Crippen LogP contribution in [0.1, 0.15) is 37.3 Å². The first kappa shape index (κ1) is 14.2. The van der Waals surface area contributed by atoms with Crippen molar-refractivity contribution in [2.24, 2.45) is 0 Å². The molecule has 20 heavy (non-hydrogen) atoms. The highest BCUT2D eigenvalue weighted by molar-refractivity contribution is 6.19. The molecule has 4 amide bonds. The Hall–Kier alpha value is -2.17. The number of amides is 4. The zero-order valence-electron chi connectivity index (χ0n) is 11.8. The van der Waals surface area contributed by atoms with Gasteiger partial charge in [-0.2, -0.15) is 0 Å². The predicted octanol–water partition coefficient (Wildman–Crippen LogP) is 1.96. The molecular formula is C15H18N2O3. The summed E-state index contributed by atoms with van der Waals surface area (Å²) in [6, 6.07) is 6.34. The Bertz CT molecular complexity index is 551. The standard InChI is InChI=1S/C15H18N2O3/c1-4-10(3)17-14(19)12(13(18)16-15(17)20)11-7-5-9(2)6-8-11/h5-8,10,12H,4H2,1-3H3,(H,16,18,20). The van der Waals surface area contributed by atoms with Crippen molar-refractivity contribution in [1.82, 2.24) is 10.2 Å². The third-order valence-corrected chi connectivity index (χ3v) is 3.64. The number of benzene rings is 1. The van der Waals surface area contributed by atoms with Gasteiger partial charge in [-0.25, -0.2) is 4.79 Å². The fourth-order valence-electron chi connectivity index (χ4n) is 2.24. The monoisotopic (exact) mass is 274 g/mol. The van der Waals surface area contributed by atoms with Crippen molar-refractivity contribution in [1.29, 1.82) is 0 Å². The van der Waals surface area contributed by atoms with Gasteiger partial charge >= 0.3 is 6.03 Å². The first-order valence-electron chi connectivity index (χ1n) is 6.70. The molecule has 1 fully saturated rings. The van der Waals surface area contributed by atoms with E-state index in [2.05, 4.69) is 5.32 Å². The van der Waals surface area contributed by atoms with Crippen LogP contribution in [0.3, 0.4) is 0 Å². The maximum atomic E-state index is 12.5. The summed E-state index contributed by atoms with van der Waals surface area (Å²) in [5.41, 5.74) is 1.66. The van der Waals surface area contributed by atoms with Gasteiger partial charge in [0.05, 0.1) is 0 Å². The molecule has 1 aliphatic rings. The van der Waals surface area contributed by atoms with Crippen LogP contribution in [0.4, 0.5) is 4.79 Å². The van der Waals surface area contributed by atoms with Crippen LogP contribution in [0.25, 0.3) is 0 Å². The summed E-state index contributed by atoms with van der Waals surface area (Å²) in [5.74, 6) is -1.94. The topological polar surface area (TPSA) is 66.5 Å². The van der Waals surface area contributed by atoms with Gasteiger partial charge in [-0.15, -0.1) is 0 Å². The fraction of sp³-hybridized carbons (Fsp3) is 0.400. The van der Waals surface area contributed by atoms with Crippen molar-refractivity contribution in [2.45, 2.75) is 39.2 Å². The second kappa shape index (κ2) is 5.45. The molecule has 0 aromatic heterocycles. The Kier molecular flexibility index (Phi) is 3.88. The van der Waals surface area contributed by atoms with Crippen molar-refractivity contribution in [3.8, 4) is 0 Å². The molecule has 1 aliphatic heterocycles. The molecule has 1 saturated heterocycles. The number of carbonyl (C=O) groups is 3. The molecule has 2 atom stereocenters. The molecule has 1 aromatic rings. The molecule has 0 bridgehead atoms. The van der Waals surface area contributed by atoms with Gasteiger partial charge in [0.25, 0.3) is 0 Å².